The average molecular weight is 231 g/mol. The number of nitrogens with zero attached hydrogens (tertiary/aromatic N) is 1. The number of aliphatic hydroxyl groups excluding tert-OH is 2. The zero-order chi connectivity index (χ0) is 12.9. The first-order chi connectivity index (χ1) is 7.20. The molecule has 1 unspecified atom stereocenters. The van der Waals surface area contributed by atoms with Crippen LogP contribution in [-0.4, -0.2) is 53.2 Å². The number of aliphatic hydroxyl groups is 2. The summed E-state index contributed by atoms with van der Waals surface area (Å²) >= 11 is 0. The van der Waals surface area contributed by atoms with Gasteiger partial charge in [-0.15, -0.1) is 0 Å². The fraction of sp³-hybridized carbons (Fsp3) is 0.700. The first-order valence-electron chi connectivity index (χ1n) is 4.90. The summed E-state index contributed by atoms with van der Waals surface area (Å²) in [5.74, 6) is -1.02. The van der Waals surface area contributed by atoms with Crippen molar-refractivity contribution in [2.45, 2.75) is 20.0 Å². The largest absolute Gasteiger partial charge is 0.394 e. The van der Waals surface area contributed by atoms with E-state index < -0.39 is 29.9 Å². The molecule has 0 aromatic heterocycles. The lowest BCUT2D eigenvalue weighted by molar-refractivity contribution is -0.133. The van der Waals surface area contributed by atoms with Gasteiger partial charge in [0.2, 0.25) is 11.8 Å². The van der Waals surface area contributed by atoms with Crippen LogP contribution in [0, 0.1) is 11.8 Å². The smallest absolute Gasteiger partial charge is 0.227 e. The zero-order valence-electron chi connectivity index (χ0n) is 9.80. The lowest BCUT2D eigenvalue weighted by Crippen LogP contribution is -2.41. The van der Waals surface area contributed by atoms with Gasteiger partial charge in [-0.2, -0.15) is 0 Å². The van der Waals surface area contributed by atoms with Gasteiger partial charge in [0.15, 0.2) is 0 Å². The molecule has 0 heterocycles. The highest BCUT2D eigenvalue weighted by molar-refractivity contribution is 5.94. The summed E-state index contributed by atoms with van der Waals surface area (Å²) in [5, 5.41) is 17.7. The molecule has 0 rings (SSSR count). The average Bonchev–Trinajstić information content (AvgIpc) is 2.16. The Morgan fingerprint density at radius 1 is 1.50 bits per heavy atom. The van der Waals surface area contributed by atoms with Crippen LogP contribution < -0.4 is 5.73 Å². The van der Waals surface area contributed by atoms with Gasteiger partial charge in [-0.3, -0.25) is 9.59 Å². The Kier molecular flexibility index (Phi) is 5.40. The van der Waals surface area contributed by atoms with Crippen LogP contribution in [-0.2, 0) is 9.59 Å². The Hall–Kier alpha value is -1.14. The van der Waals surface area contributed by atoms with Crippen molar-refractivity contribution in [1.29, 1.82) is 0 Å². The van der Waals surface area contributed by atoms with Crippen LogP contribution in [0.25, 0.3) is 0 Å². The molecule has 0 aliphatic rings. The molecule has 16 heavy (non-hydrogen) atoms. The molecule has 0 aliphatic carbocycles. The van der Waals surface area contributed by atoms with E-state index in [9.17, 15) is 9.59 Å². The minimum atomic E-state index is -1.03. The Bertz CT molecular complexity index is 266. The van der Waals surface area contributed by atoms with E-state index in [0.717, 1.165) is 0 Å². The highest BCUT2D eigenvalue weighted by Crippen LogP contribution is 2.19. The summed E-state index contributed by atoms with van der Waals surface area (Å²) in [6.07, 6.45) is 0.207. The van der Waals surface area contributed by atoms with Crippen LogP contribution in [0.15, 0.2) is 0 Å². The number of likely N-dealkylation sites (N-methyl/N-ethyl adjacent to an activating group) is 1. The topological polar surface area (TPSA) is 104 Å². The summed E-state index contributed by atoms with van der Waals surface area (Å²) in [7, 11) is 1.47. The molecule has 0 saturated heterocycles. The van der Waals surface area contributed by atoms with E-state index in [4.69, 9.17) is 15.9 Å². The predicted octanol–water partition coefficient (Wildman–Crippen LogP) is -1.49. The van der Waals surface area contributed by atoms with Crippen molar-refractivity contribution in [3.8, 4) is 0 Å². The maximum absolute atomic E-state index is 11.6. The summed E-state index contributed by atoms with van der Waals surface area (Å²) in [6, 6.07) is 0. The highest BCUT2D eigenvalue weighted by atomic mass is 16.3. The standard InChI is InChI=1S/C10H19N2O4/c1-10(2,9(11)16)4-8(15)12(3)5-7(14)6-13/h4,7,13-14H,5-6H2,1-3H3,(H2,11,16). The number of hydrogen-bond acceptors (Lipinski definition) is 4. The third-order valence-electron chi connectivity index (χ3n) is 2.19. The van der Waals surface area contributed by atoms with Crippen LogP contribution in [0.1, 0.15) is 13.8 Å². The highest BCUT2D eigenvalue weighted by Gasteiger charge is 2.30. The zero-order valence-corrected chi connectivity index (χ0v) is 9.80. The lowest BCUT2D eigenvalue weighted by Gasteiger charge is -2.24. The normalized spacial score (nSPS) is 13.3. The molecular formula is C10H19N2O4. The Balaban J connectivity index is 4.31. The van der Waals surface area contributed by atoms with Gasteiger partial charge in [0, 0.05) is 13.6 Å². The van der Waals surface area contributed by atoms with Crippen molar-refractivity contribution >= 4 is 11.8 Å². The van der Waals surface area contributed by atoms with E-state index in [1.807, 2.05) is 0 Å². The Morgan fingerprint density at radius 2 is 2.00 bits per heavy atom. The first kappa shape index (κ1) is 14.9. The maximum Gasteiger partial charge on any atom is 0.227 e. The molecule has 0 spiro atoms. The molecule has 4 N–H and O–H groups in total. The van der Waals surface area contributed by atoms with Crippen molar-refractivity contribution < 1.29 is 19.8 Å². The van der Waals surface area contributed by atoms with Crippen molar-refractivity contribution in [3.05, 3.63) is 6.42 Å². The van der Waals surface area contributed by atoms with Crippen molar-refractivity contribution in [2.75, 3.05) is 20.2 Å². The second-order valence-corrected chi connectivity index (χ2v) is 4.29. The van der Waals surface area contributed by atoms with Gasteiger partial charge in [-0.1, -0.05) is 13.8 Å². The molecule has 6 nitrogen and oxygen atoms in total. The van der Waals surface area contributed by atoms with Gasteiger partial charge in [0.25, 0.3) is 0 Å². The molecular weight excluding hydrogens is 212 g/mol. The molecule has 0 aromatic rings. The Morgan fingerprint density at radius 3 is 2.38 bits per heavy atom. The fourth-order valence-electron chi connectivity index (χ4n) is 0.954. The second-order valence-electron chi connectivity index (χ2n) is 4.29. The molecule has 0 aliphatic heterocycles. The molecule has 2 amide bonds. The SMILES string of the molecule is CN(CC(O)CO)C(=O)[CH]C(C)(C)C(N)=O. The summed E-state index contributed by atoms with van der Waals surface area (Å²) in [4.78, 5) is 23.8. The van der Waals surface area contributed by atoms with Crippen LogP contribution in [0.2, 0.25) is 0 Å². The van der Waals surface area contributed by atoms with Crippen LogP contribution in [0.3, 0.4) is 0 Å². The van der Waals surface area contributed by atoms with Gasteiger partial charge in [-0.25, -0.2) is 0 Å². The number of rotatable bonds is 6. The first-order valence-corrected chi connectivity index (χ1v) is 4.90. The monoisotopic (exact) mass is 231 g/mol. The van der Waals surface area contributed by atoms with E-state index >= 15 is 0 Å². The van der Waals surface area contributed by atoms with E-state index in [1.54, 1.807) is 0 Å². The molecule has 0 aromatic carbocycles. The number of amides is 2. The van der Waals surface area contributed by atoms with Crippen molar-refractivity contribution in [3.63, 3.8) is 0 Å². The van der Waals surface area contributed by atoms with Crippen molar-refractivity contribution in [2.24, 2.45) is 11.1 Å². The van der Waals surface area contributed by atoms with E-state index in [0.29, 0.717) is 0 Å². The fourth-order valence-corrected chi connectivity index (χ4v) is 0.954. The molecule has 0 saturated carbocycles. The predicted molar refractivity (Wildman–Crippen MR) is 58.0 cm³/mol. The van der Waals surface area contributed by atoms with E-state index in [1.165, 1.54) is 32.2 Å². The van der Waals surface area contributed by atoms with Crippen LogP contribution >= 0.6 is 0 Å². The Labute approximate surface area is 95.0 Å². The molecule has 1 radical (unpaired) electrons. The quantitative estimate of drug-likeness (QED) is 0.518. The molecule has 0 bridgehead atoms. The van der Waals surface area contributed by atoms with E-state index in [-0.39, 0.29) is 6.54 Å². The third-order valence-corrected chi connectivity index (χ3v) is 2.19. The van der Waals surface area contributed by atoms with Gasteiger partial charge < -0.3 is 20.8 Å². The summed E-state index contributed by atoms with van der Waals surface area (Å²) in [5.41, 5.74) is 4.08. The lowest BCUT2D eigenvalue weighted by atomic mass is 9.88. The molecule has 93 valence electrons. The van der Waals surface area contributed by atoms with Gasteiger partial charge >= 0.3 is 0 Å². The number of hydrogen-bond donors (Lipinski definition) is 3. The van der Waals surface area contributed by atoms with Crippen molar-refractivity contribution in [1.82, 2.24) is 4.90 Å². The van der Waals surface area contributed by atoms with Crippen LogP contribution in [0.5, 0.6) is 0 Å². The summed E-state index contributed by atoms with van der Waals surface area (Å²) < 4.78 is 0. The number of nitrogens with two attached hydrogens (primary N) is 1. The minimum Gasteiger partial charge on any atom is -0.394 e. The molecule has 0 fully saturated rings. The second kappa shape index (κ2) is 5.81. The van der Waals surface area contributed by atoms with Gasteiger partial charge in [0.1, 0.15) is 0 Å². The minimum absolute atomic E-state index is 0.000670. The number of primary amides is 1. The van der Waals surface area contributed by atoms with E-state index in [2.05, 4.69) is 0 Å². The van der Waals surface area contributed by atoms with Crippen LogP contribution in [0.4, 0.5) is 0 Å². The number of carbonyl (C=O) groups is 2. The van der Waals surface area contributed by atoms with Gasteiger partial charge in [0.05, 0.1) is 24.5 Å². The van der Waals surface area contributed by atoms with Gasteiger partial charge in [-0.05, 0) is 0 Å². The number of carbonyl (C=O) groups excluding carboxylic acids is 2. The molecule has 1 atom stereocenters. The maximum atomic E-state index is 11.6. The summed E-state index contributed by atoms with van der Waals surface area (Å²) in [6.45, 7) is 2.64. The third kappa shape index (κ3) is 4.59. The molecule has 6 heteroatoms.